The van der Waals surface area contributed by atoms with Gasteiger partial charge in [-0.15, -0.1) is 11.8 Å². The van der Waals surface area contributed by atoms with Crippen molar-refractivity contribution in [2.24, 2.45) is 0 Å². The molecular weight excluding hydrogens is 356 g/mol. The standard InChI is InChI=1S/C18H16N2O5S/c1-26-16-8-6-14(7-9-16)19-17(21)12-25-18(22)10-5-13-3-2-4-15(11-13)20(23)24/h2-11H,12H2,1H3,(H,19,21)/b10-5+. The Balaban J connectivity index is 1.82. The van der Waals surface area contributed by atoms with Gasteiger partial charge in [-0.2, -0.15) is 0 Å². The van der Waals surface area contributed by atoms with E-state index in [0.29, 0.717) is 11.3 Å². The normalized spacial score (nSPS) is 10.5. The maximum absolute atomic E-state index is 11.8. The molecule has 8 heteroatoms. The van der Waals surface area contributed by atoms with Gasteiger partial charge in [0.25, 0.3) is 11.6 Å². The molecule has 0 radical (unpaired) electrons. The molecule has 1 amide bonds. The molecule has 0 unspecified atom stereocenters. The van der Waals surface area contributed by atoms with E-state index >= 15 is 0 Å². The fraction of sp³-hybridized carbons (Fsp3) is 0.111. The van der Waals surface area contributed by atoms with Gasteiger partial charge >= 0.3 is 5.97 Å². The number of rotatable bonds is 7. The third kappa shape index (κ3) is 6.06. The molecule has 0 heterocycles. The number of nitro groups is 1. The van der Waals surface area contributed by atoms with Gasteiger partial charge in [0.15, 0.2) is 6.61 Å². The Hall–Kier alpha value is -3.13. The van der Waals surface area contributed by atoms with Crippen LogP contribution in [0.4, 0.5) is 11.4 Å². The summed E-state index contributed by atoms with van der Waals surface area (Å²) >= 11 is 1.59. The first-order valence-electron chi connectivity index (χ1n) is 7.51. The first kappa shape index (κ1) is 19.2. The van der Waals surface area contributed by atoms with Crippen molar-refractivity contribution in [3.63, 3.8) is 0 Å². The average Bonchev–Trinajstić information content (AvgIpc) is 2.65. The predicted molar refractivity (Wildman–Crippen MR) is 99.9 cm³/mol. The smallest absolute Gasteiger partial charge is 0.331 e. The number of ether oxygens (including phenoxy) is 1. The second kappa shape index (κ2) is 9.38. The summed E-state index contributed by atoms with van der Waals surface area (Å²) < 4.78 is 4.84. The van der Waals surface area contributed by atoms with E-state index in [0.717, 1.165) is 11.0 Å². The summed E-state index contributed by atoms with van der Waals surface area (Å²) in [6.45, 7) is -0.428. The van der Waals surface area contributed by atoms with Crippen LogP contribution < -0.4 is 5.32 Å². The number of hydrogen-bond acceptors (Lipinski definition) is 6. The van der Waals surface area contributed by atoms with Crippen LogP contribution in [0.2, 0.25) is 0 Å². The molecule has 0 aliphatic rings. The van der Waals surface area contributed by atoms with Crippen molar-refractivity contribution in [3.05, 3.63) is 70.3 Å². The largest absolute Gasteiger partial charge is 0.452 e. The maximum atomic E-state index is 11.8. The third-order valence-electron chi connectivity index (χ3n) is 3.21. The highest BCUT2D eigenvalue weighted by Crippen LogP contribution is 2.17. The summed E-state index contributed by atoms with van der Waals surface area (Å²) in [6, 6.07) is 13.1. The number of carbonyl (C=O) groups excluding carboxylic acids is 2. The van der Waals surface area contributed by atoms with Crippen molar-refractivity contribution in [2.75, 3.05) is 18.2 Å². The van der Waals surface area contributed by atoms with Crippen molar-refractivity contribution < 1.29 is 19.2 Å². The van der Waals surface area contributed by atoms with Gasteiger partial charge in [0, 0.05) is 28.8 Å². The third-order valence-corrected chi connectivity index (χ3v) is 3.96. The number of carbonyl (C=O) groups is 2. The van der Waals surface area contributed by atoms with Crippen LogP contribution in [0.25, 0.3) is 6.08 Å². The Morgan fingerprint density at radius 2 is 1.96 bits per heavy atom. The fourth-order valence-electron chi connectivity index (χ4n) is 1.96. The molecule has 0 fully saturated rings. The molecule has 0 aliphatic carbocycles. The lowest BCUT2D eigenvalue weighted by Gasteiger charge is -2.06. The number of hydrogen-bond donors (Lipinski definition) is 1. The number of esters is 1. The Morgan fingerprint density at radius 1 is 1.23 bits per heavy atom. The molecule has 7 nitrogen and oxygen atoms in total. The molecule has 0 spiro atoms. The van der Waals surface area contributed by atoms with Crippen molar-refractivity contribution in [1.29, 1.82) is 0 Å². The molecule has 2 rings (SSSR count). The number of nitrogens with one attached hydrogen (secondary N) is 1. The van der Waals surface area contributed by atoms with Gasteiger partial charge in [-0.05, 0) is 42.2 Å². The Morgan fingerprint density at radius 3 is 2.62 bits per heavy atom. The lowest BCUT2D eigenvalue weighted by Crippen LogP contribution is -2.20. The second-order valence-corrected chi connectivity index (χ2v) is 5.95. The first-order chi connectivity index (χ1) is 12.5. The van der Waals surface area contributed by atoms with E-state index in [1.54, 1.807) is 30.0 Å². The molecule has 1 N–H and O–H groups in total. The Bertz CT molecular complexity index is 834. The van der Waals surface area contributed by atoms with Crippen LogP contribution in [0.15, 0.2) is 59.5 Å². The van der Waals surface area contributed by atoms with Gasteiger partial charge in [0.05, 0.1) is 4.92 Å². The molecule has 0 bridgehead atoms. The molecule has 0 atom stereocenters. The molecule has 2 aromatic rings. The quantitative estimate of drug-likeness (QED) is 0.263. The molecule has 134 valence electrons. The number of amides is 1. The van der Waals surface area contributed by atoms with E-state index in [4.69, 9.17) is 4.74 Å². The molecule has 26 heavy (non-hydrogen) atoms. The van der Waals surface area contributed by atoms with Gasteiger partial charge in [0.1, 0.15) is 0 Å². The van der Waals surface area contributed by atoms with E-state index in [1.165, 1.54) is 24.3 Å². The van der Waals surface area contributed by atoms with E-state index in [-0.39, 0.29) is 5.69 Å². The minimum Gasteiger partial charge on any atom is -0.452 e. The lowest BCUT2D eigenvalue weighted by molar-refractivity contribution is -0.384. The van der Waals surface area contributed by atoms with E-state index in [2.05, 4.69) is 5.32 Å². The zero-order valence-electron chi connectivity index (χ0n) is 13.9. The summed E-state index contributed by atoms with van der Waals surface area (Å²) in [7, 11) is 0. The molecule has 0 aromatic heterocycles. The van der Waals surface area contributed by atoms with Gasteiger partial charge in [0.2, 0.25) is 0 Å². The minimum absolute atomic E-state index is 0.0765. The molecule has 0 aliphatic heterocycles. The molecular formula is C18H16N2O5S. The summed E-state index contributed by atoms with van der Waals surface area (Å²) in [5, 5.41) is 13.3. The molecule has 0 saturated heterocycles. The summed E-state index contributed by atoms with van der Waals surface area (Å²) in [5.74, 6) is -1.18. The molecule has 2 aromatic carbocycles. The number of non-ortho nitro benzene ring substituents is 1. The monoisotopic (exact) mass is 372 g/mol. The van der Waals surface area contributed by atoms with Crippen molar-refractivity contribution >= 4 is 41.1 Å². The van der Waals surface area contributed by atoms with E-state index in [9.17, 15) is 19.7 Å². The van der Waals surface area contributed by atoms with E-state index < -0.39 is 23.4 Å². The molecule has 0 saturated carbocycles. The van der Waals surface area contributed by atoms with Gasteiger partial charge < -0.3 is 10.1 Å². The average molecular weight is 372 g/mol. The van der Waals surface area contributed by atoms with Crippen LogP contribution >= 0.6 is 11.8 Å². The number of benzene rings is 2. The Labute approximate surface area is 154 Å². The highest BCUT2D eigenvalue weighted by Gasteiger charge is 2.07. The zero-order valence-corrected chi connectivity index (χ0v) is 14.7. The first-order valence-corrected chi connectivity index (χ1v) is 8.73. The minimum atomic E-state index is -0.718. The second-order valence-electron chi connectivity index (χ2n) is 5.07. The topological polar surface area (TPSA) is 98.5 Å². The number of nitro benzene ring substituents is 1. The number of thioether (sulfide) groups is 1. The lowest BCUT2D eigenvalue weighted by atomic mass is 10.2. The fourth-order valence-corrected chi connectivity index (χ4v) is 2.37. The zero-order chi connectivity index (χ0) is 18.9. The van der Waals surface area contributed by atoms with Crippen LogP contribution in [0.3, 0.4) is 0 Å². The predicted octanol–water partition coefficient (Wildman–Crippen LogP) is 3.51. The van der Waals surface area contributed by atoms with E-state index in [1.807, 2.05) is 18.4 Å². The van der Waals surface area contributed by atoms with Crippen LogP contribution in [0.1, 0.15) is 5.56 Å². The van der Waals surface area contributed by atoms with Gasteiger partial charge in [-0.25, -0.2) is 4.79 Å². The van der Waals surface area contributed by atoms with Gasteiger partial charge in [-0.1, -0.05) is 12.1 Å². The number of nitrogens with zero attached hydrogens (tertiary/aromatic N) is 1. The SMILES string of the molecule is CSc1ccc(NC(=O)COC(=O)/C=C/c2cccc([N+](=O)[O-])c2)cc1. The van der Waals surface area contributed by atoms with Gasteiger partial charge in [-0.3, -0.25) is 14.9 Å². The van der Waals surface area contributed by atoms with Crippen LogP contribution in [0, 0.1) is 10.1 Å². The van der Waals surface area contributed by atoms with Crippen molar-refractivity contribution in [3.8, 4) is 0 Å². The van der Waals surface area contributed by atoms with Crippen LogP contribution in [-0.2, 0) is 14.3 Å². The number of anilines is 1. The van der Waals surface area contributed by atoms with Crippen LogP contribution in [-0.4, -0.2) is 29.7 Å². The Kier molecular flexibility index (Phi) is 6.92. The summed E-state index contributed by atoms with van der Waals surface area (Å²) in [5.41, 5.74) is 1.01. The van der Waals surface area contributed by atoms with Crippen molar-refractivity contribution in [1.82, 2.24) is 0 Å². The summed E-state index contributed by atoms with van der Waals surface area (Å²) in [6.07, 6.45) is 4.45. The highest BCUT2D eigenvalue weighted by atomic mass is 32.2. The highest BCUT2D eigenvalue weighted by molar-refractivity contribution is 7.98. The van der Waals surface area contributed by atoms with Crippen LogP contribution in [0.5, 0.6) is 0 Å². The maximum Gasteiger partial charge on any atom is 0.331 e. The summed E-state index contributed by atoms with van der Waals surface area (Å²) in [4.78, 5) is 34.7. The van der Waals surface area contributed by atoms with Crippen molar-refractivity contribution in [2.45, 2.75) is 4.90 Å².